The highest BCUT2D eigenvalue weighted by Crippen LogP contribution is 2.07. The Morgan fingerprint density at radius 1 is 0.917 bits per heavy atom. The topological polar surface area (TPSA) is 120 Å². The Bertz CT molecular complexity index is 391. The van der Waals surface area contributed by atoms with Gasteiger partial charge in [0.2, 0.25) is 5.91 Å². The van der Waals surface area contributed by atoms with E-state index in [4.69, 9.17) is 19.3 Å². The molecule has 0 aliphatic rings. The molecule has 0 atom stereocenters. The summed E-state index contributed by atoms with van der Waals surface area (Å²) in [5.74, 6) is -1.84. The van der Waals surface area contributed by atoms with E-state index in [-0.39, 0.29) is 32.1 Å². The minimum Gasteiger partial charge on any atom is -0.480 e. The Morgan fingerprint density at radius 3 is 2.12 bits per heavy atom. The van der Waals surface area contributed by atoms with Crippen molar-refractivity contribution in [3.8, 4) is 0 Å². The number of carboxylic acids is 1. The van der Waals surface area contributed by atoms with Gasteiger partial charge in [-0.15, -0.1) is 0 Å². The number of amides is 1. The van der Waals surface area contributed by atoms with Crippen LogP contribution in [-0.4, -0.2) is 74.7 Å². The monoisotopic (exact) mass is 349 g/mol. The van der Waals surface area contributed by atoms with Crippen LogP contribution < -0.4 is 5.32 Å². The van der Waals surface area contributed by atoms with Crippen molar-refractivity contribution in [1.82, 2.24) is 5.32 Å². The Morgan fingerprint density at radius 2 is 1.54 bits per heavy atom. The number of hydrogen-bond donors (Lipinski definition) is 2. The summed E-state index contributed by atoms with van der Waals surface area (Å²) in [7, 11) is 0. The second-order valence-corrected chi connectivity index (χ2v) is 5.80. The zero-order valence-corrected chi connectivity index (χ0v) is 14.5. The molecular formula is C15H27NO8. The molecule has 140 valence electrons. The Hall–Kier alpha value is -1.71. The van der Waals surface area contributed by atoms with Gasteiger partial charge in [-0.3, -0.25) is 9.59 Å². The maximum atomic E-state index is 11.4. The van der Waals surface area contributed by atoms with Gasteiger partial charge in [0.25, 0.3) is 0 Å². The average Bonchev–Trinajstić information content (AvgIpc) is 2.43. The molecule has 1 amide bonds. The summed E-state index contributed by atoms with van der Waals surface area (Å²) in [6.45, 7) is 6.09. The molecule has 24 heavy (non-hydrogen) atoms. The zero-order valence-electron chi connectivity index (χ0n) is 14.5. The molecule has 0 aliphatic carbocycles. The number of aliphatic carboxylic acids is 1. The van der Waals surface area contributed by atoms with E-state index in [2.05, 4.69) is 10.1 Å². The number of rotatable bonds is 13. The van der Waals surface area contributed by atoms with Crippen LogP contribution in [0.5, 0.6) is 0 Å². The predicted molar refractivity (Wildman–Crippen MR) is 83.6 cm³/mol. The van der Waals surface area contributed by atoms with E-state index in [9.17, 15) is 14.4 Å². The first-order valence-corrected chi connectivity index (χ1v) is 7.64. The summed E-state index contributed by atoms with van der Waals surface area (Å²) in [6.07, 6.45) is 0.184. The summed E-state index contributed by atoms with van der Waals surface area (Å²) >= 11 is 0. The molecule has 2 N–H and O–H groups in total. The van der Waals surface area contributed by atoms with Gasteiger partial charge < -0.3 is 29.4 Å². The molecule has 0 aromatic heterocycles. The molecule has 0 fully saturated rings. The number of ether oxygens (including phenoxy) is 4. The standard InChI is InChI=1S/C15H27NO8/c1-15(2,3)24-14(20)4-6-21-8-9-22-7-5-16-12(17)10-23-11-13(18)19/h4-11H2,1-3H3,(H,16,17)(H,18,19). The highest BCUT2D eigenvalue weighted by Gasteiger charge is 2.15. The van der Waals surface area contributed by atoms with E-state index in [1.807, 2.05) is 0 Å². The van der Waals surface area contributed by atoms with Crippen LogP contribution in [0.3, 0.4) is 0 Å². The largest absolute Gasteiger partial charge is 0.480 e. The summed E-state index contributed by atoms with van der Waals surface area (Å²) < 4.78 is 20.2. The van der Waals surface area contributed by atoms with Crippen LogP contribution in [0.1, 0.15) is 27.2 Å². The quantitative estimate of drug-likeness (QED) is 0.351. The molecule has 0 radical (unpaired) electrons. The molecule has 0 spiro atoms. The van der Waals surface area contributed by atoms with E-state index >= 15 is 0 Å². The molecule has 0 saturated heterocycles. The normalized spacial score (nSPS) is 11.1. The summed E-state index contributed by atoms with van der Waals surface area (Å²) in [4.78, 5) is 32.8. The summed E-state index contributed by atoms with van der Waals surface area (Å²) in [5, 5.41) is 10.8. The van der Waals surface area contributed by atoms with Crippen LogP contribution in [-0.2, 0) is 33.3 Å². The first kappa shape index (κ1) is 22.3. The van der Waals surface area contributed by atoms with E-state index < -0.39 is 24.1 Å². The van der Waals surface area contributed by atoms with Gasteiger partial charge in [0, 0.05) is 6.54 Å². The average molecular weight is 349 g/mol. The number of carboxylic acid groups (broad SMARTS) is 1. The smallest absolute Gasteiger partial charge is 0.329 e. The van der Waals surface area contributed by atoms with Crippen LogP contribution in [0.15, 0.2) is 0 Å². The lowest BCUT2D eigenvalue weighted by atomic mass is 10.2. The highest BCUT2D eigenvalue weighted by molar-refractivity contribution is 5.77. The van der Waals surface area contributed by atoms with Crippen molar-refractivity contribution < 1.29 is 38.4 Å². The lowest BCUT2D eigenvalue weighted by molar-refractivity contribution is -0.156. The summed E-state index contributed by atoms with van der Waals surface area (Å²) in [5.41, 5.74) is -0.497. The maximum absolute atomic E-state index is 11.4. The van der Waals surface area contributed by atoms with Crippen molar-refractivity contribution in [3.05, 3.63) is 0 Å². The first-order chi connectivity index (χ1) is 11.2. The maximum Gasteiger partial charge on any atom is 0.329 e. The van der Waals surface area contributed by atoms with Gasteiger partial charge in [0.1, 0.15) is 18.8 Å². The molecule has 0 bridgehead atoms. The van der Waals surface area contributed by atoms with Crippen molar-refractivity contribution in [2.45, 2.75) is 32.8 Å². The van der Waals surface area contributed by atoms with Crippen molar-refractivity contribution in [3.63, 3.8) is 0 Å². The van der Waals surface area contributed by atoms with Gasteiger partial charge in [0.15, 0.2) is 0 Å². The van der Waals surface area contributed by atoms with E-state index in [0.29, 0.717) is 19.8 Å². The second kappa shape index (κ2) is 12.7. The van der Waals surface area contributed by atoms with E-state index in [1.54, 1.807) is 20.8 Å². The number of carbonyl (C=O) groups excluding carboxylic acids is 2. The van der Waals surface area contributed by atoms with Crippen LogP contribution in [0.25, 0.3) is 0 Å². The Kier molecular flexibility index (Phi) is 11.8. The lowest BCUT2D eigenvalue weighted by Crippen LogP contribution is -2.31. The molecule has 0 saturated carbocycles. The number of esters is 1. The van der Waals surface area contributed by atoms with Crippen LogP contribution in [0.2, 0.25) is 0 Å². The first-order valence-electron chi connectivity index (χ1n) is 7.64. The van der Waals surface area contributed by atoms with Gasteiger partial charge in [-0.05, 0) is 20.8 Å². The van der Waals surface area contributed by atoms with Crippen LogP contribution in [0, 0.1) is 0 Å². The van der Waals surface area contributed by atoms with E-state index in [0.717, 1.165) is 0 Å². The summed E-state index contributed by atoms with van der Waals surface area (Å²) in [6, 6.07) is 0. The fraction of sp³-hybridized carbons (Fsp3) is 0.800. The van der Waals surface area contributed by atoms with Crippen molar-refractivity contribution in [1.29, 1.82) is 0 Å². The van der Waals surface area contributed by atoms with Gasteiger partial charge in [-0.25, -0.2) is 4.79 Å². The molecule has 9 heteroatoms. The van der Waals surface area contributed by atoms with Gasteiger partial charge in [0.05, 0.1) is 32.8 Å². The van der Waals surface area contributed by atoms with Gasteiger partial charge in [-0.1, -0.05) is 0 Å². The van der Waals surface area contributed by atoms with Crippen molar-refractivity contribution in [2.75, 3.05) is 46.2 Å². The van der Waals surface area contributed by atoms with E-state index in [1.165, 1.54) is 0 Å². The third-order valence-corrected chi connectivity index (χ3v) is 2.27. The molecular weight excluding hydrogens is 322 g/mol. The SMILES string of the molecule is CC(C)(C)OC(=O)CCOCCOCCNC(=O)COCC(=O)O. The minimum atomic E-state index is -1.13. The fourth-order valence-corrected chi connectivity index (χ4v) is 1.41. The van der Waals surface area contributed by atoms with Crippen molar-refractivity contribution >= 4 is 17.8 Å². The second-order valence-electron chi connectivity index (χ2n) is 5.80. The molecule has 0 aromatic rings. The third kappa shape index (κ3) is 16.7. The van der Waals surface area contributed by atoms with Crippen LogP contribution in [0.4, 0.5) is 0 Å². The molecule has 9 nitrogen and oxygen atoms in total. The Labute approximate surface area is 141 Å². The Balaban J connectivity index is 3.35. The molecule has 0 aliphatic heterocycles. The molecule has 0 heterocycles. The van der Waals surface area contributed by atoms with Gasteiger partial charge in [-0.2, -0.15) is 0 Å². The van der Waals surface area contributed by atoms with Gasteiger partial charge >= 0.3 is 11.9 Å². The predicted octanol–water partition coefficient (Wildman–Crippen LogP) is -0.0312. The number of hydrogen-bond acceptors (Lipinski definition) is 7. The zero-order chi connectivity index (χ0) is 18.4. The number of nitrogens with one attached hydrogen (secondary N) is 1. The molecule has 0 rings (SSSR count). The number of carbonyl (C=O) groups is 3. The molecule has 0 unspecified atom stereocenters. The van der Waals surface area contributed by atoms with Crippen molar-refractivity contribution in [2.24, 2.45) is 0 Å². The lowest BCUT2D eigenvalue weighted by Gasteiger charge is -2.19. The minimum absolute atomic E-state index is 0.184. The van der Waals surface area contributed by atoms with Crippen LogP contribution >= 0.6 is 0 Å². The highest BCUT2D eigenvalue weighted by atomic mass is 16.6. The fourth-order valence-electron chi connectivity index (χ4n) is 1.41. The third-order valence-electron chi connectivity index (χ3n) is 2.27. The molecule has 0 aromatic carbocycles.